The SMILES string of the molecule is C[C@@H]1CN(C)C[C@H](c2nc(-c3cc(Br)c4ccccc4c3)no2)O1. The van der Waals surface area contributed by atoms with Gasteiger partial charge >= 0.3 is 0 Å². The number of fused-ring (bicyclic) bond motifs is 1. The summed E-state index contributed by atoms with van der Waals surface area (Å²) in [6.45, 7) is 3.73. The largest absolute Gasteiger partial charge is 0.363 e. The summed E-state index contributed by atoms with van der Waals surface area (Å²) in [6.07, 6.45) is -0.0252. The lowest BCUT2D eigenvalue weighted by Crippen LogP contribution is -2.40. The molecule has 1 aliphatic rings. The fourth-order valence-electron chi connectivity index (χ4n) is 3.18. The van der Waals surface area contributed by atoms with E-state index in [1.54, 1.807) is 0 Å². The molecule has 0 spiro atoms. The van der Waals surface area contributed by atoms with Crippen molar-refractivity contribution in [2.24, 2.45) is 0 Å². The number of rotatable bonds is 2. The first kappa shape index (κ1) is 15.7. The fraction of sp³-hybridized carbons (Fsp3) is 0.333. The molecule has 2 atom stereocenters. The number of morpholine rings is 1. The Morgan fingerprint density at radius 2 is 2.04 bits per heavy atom. The van der Waals surface area contributed by atoms with Crippen LogP contribution in [0.3, 0.4) is 0 Å². The minimum absolute atomic E-state index is 0.152. The van der Waals surface area contributed by atoms with Gasteiger partial charge in [0.1, 0.15) is 6.10 Å². The third-order valence-corrected chi connectivity index (χ3v) is 4.89. The number of hydrogen-bond acceptors (Lipinski definition) is 5. The van der Waals surface area contributed by atoms with Crippen LogP contribution in [0.15, 0.2) is 45.4 Å². The molecule has 2 heterocycles. The predicted octanol–water partition coefficient (Wildman–Crippen LogP) is 4.04. The summed E-state index contributed by atoms with van der Waals surface area (Å²) in [4.78, 5) is 6.79. The minimum Gasteiger partial charge on any atom is -0.363 e. The molecule has 6 heteroatoms. The van der Waals surface area contributed by atoms with Crippen molar-refractivity contribution in [1.29, 1.82) is 0 Å². The molecule has 4 rings (SSSR count). The zero-order valence-corrected chi connectivity index (χ0v) is 15.2. The highest BCUT2D eigenvalue weighted by Gasteiger charge is 2.29. The lowest BCUT2D eigenvalue weighted by Gasteiger charge is -2.32. The van der Waals surface area contributed by atoms with E-state index < -0.39 is 0 Å². The Kier molecular flexibility index (Phi) is 4.12. The average molecular weight is 388 g/mol. The maximum absolute atomic E-state index is 5.94. The van der Waals surface area contributed by atoms with E-state index in [4.69, 9.17) is 9.26 Å². The lowest BCUT2D eigenvalue weighted by molar-refractivity contribution is -0.0838. The van der Waals surface area contributed by atoms with Gasteiger partial charge < -0.3 is 14.2 Å². The van der Waals surface area contributed by atoms with Gasteiger partial charge in [0.05, 0.1) is 6.10 Å². The zero-order valence-electron chi connectivity index (χ0n) is 13.6. The fourth-order valence-corrected chi connectivity index (χ4v) is 3.78. The van der Waals surface area contributed by atoms with Crippen molar-refractivity contribution in [1.82, 2.24) is 15.0 Å². The van der Waals surface area contributed by atoms with Crippen LogP contribution in [-0.2, 0) is 4.74 Å². The van der Waals surface area contributed by atoms with Crippen LogP contribution in [0.1, 0.15) is 18.9 Å². The molecule has 1 saturated heterocycles. The molecular formula is C18H18BrN3O2. The topological polar surface area (TPSA) is 51.4 Å². The summed E-state index contributed by atoms with van der Waals surface area (Å²) in [5, 5.41) is 6.45. The van der Waals surface area contributed by atoms with Gasteiger partial charge in [0, 0.05) is 23.1 Å². The Morgan fingerprint density at radius 3 is 2.88 bits per heavy atom. The van der Waals surface area contributed by atoms with Gasteiger partial charge in [-0.1, -0.05) is 45.4 Å². The summed E-state index contributed by atoms with van der Waals surface area (Å²) < 4.78 is 12.4. The molecule has 0 saturated carbocycles. The molecular weight excluding hydrogens is 370 g/mol. The molecule has 0 radical (unpaired) electrons. The predicted molar refractivity (Wildman–Crippen MR) is 95.7 cm³/mol. The second kappa shape index (κ2) is 6.27. The van der Waals surface area contributed by atoms with Crippen LogP contribution in [0.5, 0.6) is 0 Å². The van der Waals surface area contributed by atoms with Gasteiger partial charge in [0.25, 0.3) is 5.89 Å². The molecule has 124 valence electrons. The molecule has 2 aromatic carbocycles. The first-order valence-electron chi connectivity index (χ1n) is 7.96. The van der Waals surface area contributed by atoms with Crippen molar-refractivity contribution >= 4 is 26.7 Å². The van der Waals surface area contributed by atoms with Crippen LogP contribution in [-0.4, -0.2) is 41.3 Å². The molecule has 5 nitrogen and oxygen atoms in total. The Balaban J connectivity index is 1.67. The maximum Gasteiger partial charge on any atom is 0.257 e. The number of halogens is 1. The summed E-state index contributed by atoms with van der Waals surface area (Å²) in [5.74, 6) is 1.12. The molecule has 24 heavy (non-hydrogen) atoms. The highest BCUT2D eigenvalue weighted by atomic mass is 79.9. The van der Waals surface area contributed by atoms with Crippen molar-refractivity contribution in [2.75, 3.05) is 20.1 Å². The molecule has 1 aromatic heterocycles. The van der Waals surface area contributed by atoms with Gasteiger partial charge in [-0.3, -0.25) is 0 Å². The summed E-state index contributed by atoms with van der Waals surface area (Å²) in [7, 11) is 2.07. The van der Waals surface area contributed by atoms with Gasteiger partial charge in [0.15, 0.2) is 0 Å². The highest BCUT2D eigenvalue weighted by molar-refractivity contribution is 9.10. The van der Waals surface area contributed by atoms with E-state index in [-0.39, 0.29) is 12.2 Å². The summed E-state index contributed by atoms with van der Waals surface area (Å²) in [5.41, 5.74) is 0.924. The van der Waals surface area contributed by atoms with Gasteiger partial charge in [-0.05, 0) is 36.9 Å². The van der Waals surface area contributed by atoms with Gasteiger partial charge in [0.2, 0.25) is 5.82 Å². The molecule has 0 unspecified atom stereocenters. The van der Waals surface area contributed by atoms with E-state index in [1.807, 2.05) is 18.2 Å². The Bertz CT molecular complexity index is 870. The quantitative estimate of drug-likeness (QED) is 0.663. The van der Waals surface area contributed by atoms with Crippen LogP contribution in [0.4, 0.5) is 0 Å². The van der Waals surface area contributed by atoms with Crippen LogP contribution in [0.2, 0.25) is 0 Å². The minimum atomic E-state index is -0.177. The molecule has 0 amide bonds. The molecule has 0 N–H and O–H groups in total. The number of hydrogen-bond donors (Lipinski definition) is 0. The van der Waals surface area contributed by atoms with E-state index in [0.29, 0.717) is 11.7 Å². The molecule has 0 bridgehead atoms. The van der Waals surface area contributed by atoms with Crippen molar-refractivity contribution in [2.45, 2.75) is 19.1 Å². The first-order chi connectivity index (χ1) is 11.6. The monoisotopic (exact) mass is 387 g/mol. The average Bonchev–Trinajstić information content (AvgIpc) is 3.04. The highest BCUT2D eigenvalue weighted by Crippen LogP contribution is 2.31. The number of likely N-dealkylation sites (N-methyl/N-ethyl adjacent to an activating group) is 1. The van der Waals surface area contributed by atoms with Crippen molar-refractivity contribution in [3.63, 3.8) is 0 Å². The van der Waals surface area contributed by atoms with Crippen molar-refractivity contribution in [3.8, 4) is 11.4 Å². The number of benzene rings is 2. The van der Waals surface area contributed by atoms with Crippen molar-refractivity contribution < 1.29 is 9.26 Å². The summed E-state index contributed by atoms with van der Waals surface area (Å²) in [6, 6.07) is 12.3. The Morgan fingerprint density at radius 1 is 1.21 bits per heavy atom. The third kappa shape index (κ3) is 2.97. The Labute approximate surface area is 148 Å². The molecule has 1 fully saturated rings. The second-order valence-electron chi connectivity index (χ2n) is 6.29. The smallest absolute Gasteiger partial charge is 0.257 e. The lowest BCUT2D eigenvalue weighted by atomic mass is 10.1. The van der Waals surface area contributed by atoms with Crippen LogP contribution in [0.25, 0.3) is 22.2 Å². The van der Waals surface area contributed by atoms with Crippen LogP contribution < -0.4 is 0 Å². The van der Waals surface area contributed by atoms with E-state index >= 15 is 0 Å². The van der Waals surface area contributed by atoms with Gasteiger partial charge in [-0.25, -0.2) is 0 Å². The van der Waals surface area contributed by atoms with E-state index in [1.165, 1.54) is 0 Å². The van der Waals surface area contributed by atoms with E-state index in [0.717, 1.165) is 33.9 Å². The first-order valence-corrected chi connectivity index (χ1v) is 8.76. The van der Waals surface area contributed by atoms with Crippen LogP contribution >= 0.6 is 15.9 Å². The zero-order chi connectivity index (χ0) is 16.7. The normalized spacial score (nSPS) is 22.1. The maximum atomic E-state index is 5.94. The van der Waals surface area contributed by atoms with Gasteiger partial charge in [-0.2, -0.15) is 4.98 Å². The molecule has 0 aliphatic carbocycles. The number of ether oxygens (including phenoxy) is 1. The standard InChI is InChI=1S/C18H18BrN3O2/c1-11-9-22(2)10-16(23-11)18-20-17(21-24-18)13-7-12-5-3-4-6-14(12)15(19)8-13/h3-8,11,16H,9-10H2,1-2H3/t11-,16-/m1/s1. The number of nitrogens with zero attached hydrogens (tertiary/aromatic N) is 3. The van der Waals surface area contributed by atoms with Crippen LogP contribution in [0, 0.1) is 0 Å². The summed E-state index contributed by atoms with van der Waals surface area (Å²) >= 11 is 3.63. The van der Waals surface area contributed by atoms with E-state index in [9.17, 15) is 0 Å². The molecule has 3 aromatic rings. The van der Waals surface area contributed by atoms with Gasteiger partial charge in [-0.15, -0.1) is 0 Å². The number of aromatic nitrogens is 2. The van der Waals surface area contributed by atoms with E-state index in [2.05, 4.69) is 63.1 Å². The molecule has 1 aliphatic heterocycles. The Hall–Kier alpha value is -1.76. The second-order valence-corrected chi connectivity index (χ2v) is 7.15. The van der Waals surface area contributed by atoms with Crippen molar-refractivity contribution in [3.05, 3.63) is 46.8 Å². The third-order valence-electron chi connectivity index (χ3n) is 4.23.